The summed E-state index contributed by atoms with van der Waals surface area (Å²) in [4.78, 5) is 25.9. The number of ketones is 1. The van der Waals surface area contributed by atoms with Gasteiger partial charge in [-0.25, -0.2) is 4.79 Å². The van der Waals surface area contributed by atoms with Gasteiger partial charge >= 0.3 is 5.97 Å². The first-order chi connectivity index (χ1) is 13.1. The lowest BCUT2D eigenvalue weighted by atomic mass is 9.96. The van der Waals surface area contributed by atoms with E-state index in [4.69, 9.17) is 9.47 Å². The summed E-state index contributed by atoms with van der Waals surface area (Å²) in [6.45, 7) is 3.87. The molecular formula is C22H19NO4. The fraction of sp³-hybridized carbons (Fsp3) is 0.182. The van der Waals surface area contributed by atoms with Crippen LogP contribution < -0.4 is 4.74 Å². The molecule has 0 saturated carbocycles. The summed E-state index contributed by atoms with van der Waals surface area (Å²) in [5.41, 5.74) is 4.36. The van der Waals surface area contributed by atoms with Crippen molar-refractivity contribution in [2.75, 3.05) is 13.7 Å². The number of methoxy groups -OCH3 is 1. The van der Waals surface area contributed by atoms with E-state index in [9.17, 15) is 9.59 Å². The maximum atomic E-state index is 13.2. The maximum absolute atomic E-state index is 13.2. The first-order valence-corrected chi connectivity index (χ1v) is 8.79. The predicted octanol–water partition coefficient (Wildman–Crippen LogP) is 4.18. The molecule has 0 fully saturated rings. The lowest BCUT2D eigenvalue weighted by molar-refractivity contribution is 0.0526. The van der Waals surface area contributed by atoms with Gasteiger partial charge in [0.1, 0.15) is 11.4 Å². The summed E-state index contributed by atoms with van der Waals surface area (Å²) in [5.74, 6) is 0.130. The minimum absolute atomic E-state index is 0.0953. The van der Waals surface area contributed by atoms with Crippen molar-refractivity contribution in [3.05, 3.63) is 71.0 Å². The van der Waals surface area contributed by atoms with Crippen molar-refractivity contribution in [3.63, 3.8) is 0 Å². The molecule has 1 aliphatic heterocycles. The standard InChI is InChI=1S/C22H19NO4/c1-4-27-22(25)18-13(2)23-17-11-6-5-10-16(17)21(24)20(23)19(18)14-8-7-9-15(12-14)26-3/h5-12H,4H2,1-3H3. The number of benzene rings is 2. The van der Waals surface area contributed by atoms with Crippen LogP contribution in [0.3, 0.4) is 0 Å². The van der Waals surface area contributed by atoms with Gasteiger partial charge in [0.05, 0.1) is 25.0 Å². The minimum Gasteiger partial charge on any atom is -0.497 e. The van der Waals surface area contributed by atoms with Crippen LogP contribution in [-0.2, 0) is 4.74 Å². The zero-order valence-corrected chi connectivity index (χ0v) is 15.4. The van der Waals surface area contributed by atoms with Gasteiger partial charge in [-0.2, -0.15) is 0 Å². The van der Waals surface area contributed by atoms with Gasteiger partial charge in [0.15, 0.2) is 0 Å². The molecule has 27 heavy (non-hydrogen) atoms. The number of rotatable bonds is 4. The monoisotopic (exact) mass is 361 g/mol. The van der Waals surface area contributed by atoms with Crippen LogP contribution >= 0.6 is 0 Å². The van der Waals surface area contributed by atoms with Crippen molar-refractivity contribution < 1.29 is 19.1 Å². The van der Waals surface area contributed by atoms with Crippen LogP contribution in [0.2, 0.25) is 0 Å². The Kier molecular flexibility index (Phi) is 4.07. The van der Waals surface area contributed by atoms with Crippen molar-refractivity contribution in [2.45, 2.75) is 13.8 Å². The zero-order valence-electron chi connectivity index (χ0n) is 15.4. The van der Waals surface area contributed by atoms with Crippen LogP contribution in [-0.4, -0.2) is 30.0 Å². The molecule has 5 nitrogen and oxygen atoms in total. The Bertz CT molecular complexity index is 1080. The number of para-hydroxylation sites is 1. The second kappa shape index (κ2) is 6.43. The molecule has 1 aromatic heterocycles. The number of hydrogen-bond donors (Lipinski definition) is 0. The SMILES string of the molecule is CCOC(=O)c1c(-c2cccc(OC)c2)c2n(c1C)-c1ccccc1C2=O. The summed E-state index contributed by atoms with van der Waals surface area (Å²) >= 11 is 0. The highest BCUT2D eigenvalue weighted by Crippen LogP contribution is 2.42. The molecule has 0 N–H and O–H groups in total. The van der Waals surface area contributed by atoms with E-state index in [1.807, 2.05) is 60.0 Å². The van der Waals surface area contributed by atoms with E-state index in [2.05, 4.69) is 0 Å². The molecular weight excluding hydrogens is 342 g/mol. The van der Waals surface area contributed by atoms with Crippen molar-refractivity contribution >= 4 is 11.8 Å². The molecule has 0 unspecified atom stereocenters. The maximum Gasteiger partial charge on any atom is 0.340 e. The topological polar surface area (TPSA) is 57.5 Å². The Hall–Kier alpha value is -3.34. The highest BCUT2D eigenvalue weighted by molar-refractivity contribution is 6.20. The number of esters is 1. The summed E-state index contributed by atoms with van der Waals surface area (Å²) < 4.78 is 12.5. The predicted molar refractivity (Wildman–Crippen MR) is 102 cm³/mol. The molecule has 5 heteroatoms. The van der Waals surface area contributed by atoms with Gasteiger partial charge < -0.3 is 14.0 Å². The van der Waals surface area contributed by atoms with E-state index in [1.165, 1.54) is 0 Å². The van der Waals surface area contributed by atoms with Crippen molar-refractivity contribution in [1.29, 1.82) is 0 Å². The third kappa shape index (κ3) is 2.46. The number of carbonyl (C=O) groups is 2. The zero-order chi connectivity index (χ0) is 19.1. The van der Waals surface area contributed by atoms with Crippen LogP contribution in [0.1, 0.15) is 39.0 Å². The third-order valence-electron chi connectivity index (χ3n) is 4.85. The lowest BCUT2D eigenvalue weighted by Gasteiger charge is -2.09. The van der Waals surface area contributed by atoms with Gasteiger partial charge in [-0.05, 0) is 43.7 Å². The Morgan fingerprint density at radius 1 is 1.11 bits per heavy atom. The van der Waals surface area contributed by atoms with Crippen molar-refractivity contribution in [2.24, 2.45) is 0 Å². The fourth-order valence-electron chi connectivity index (χ4n) is 3.71. The number of carbonyl (C=O) groups excluding carboxylic acids is 2. The Morgan fingerprint density at radius 2 is 1.89 bits per heavy atom. The third-order valence-corrected chi connectivity index (χ3v) is 4.85. The van der Waals surface area contributed by atoms with E-state index in [0.717, 1.165) is 11.3 Å². The van der Waals surface area contributed by atoms with Crippen LogP contribution in [0.25, 0.3) is 16.8 Å². The van der Waals surface area contributed by atoms with E-state index >= 15 is 0 Å². The highest BCUT2D eigenvalue weighted by atomic mass is 16.5. The highest BCUT2D eigenvalue weighted by Gasteiger charge is 2.37. The summed E-state index contributed by atoms with van der Waals surface area (Å²) in [6.07, 6.45) is 0. The quantitative estimate of drug-likeness (QED) is 0.512. The molecule has 0 aliphatic carbocycles. The molecule has 0 spiro atoms. The second-order valence-electron chi connectivity index (χ2n) is 6.32. The van der Waals surface area contributed by atoms with Gasteiger partial charge in [0.2, 0.25) is 5.78 Å². The second-order valence-corrected chi connectivity index (χ2v) is 6.32. The van der Waals surface area contributed by atoms with E-state index in [0.29, 0.717) is 33.8 Å². The van der Waals surface area contributed by atoms with Gasteiger partial charge in [-0.15, -0.1) is 0 Å². The van der Waals surface area contributed by atoms with Crippen molar-refractivity contribution in [3.8, 4) is 22.6 Å². The van der Waals surface area contributed by atoms with Crippen LogP contribution in [0, 0.1) is 6.92 Å². The minimum atomic E-state index is -0.431. The first kappa shape index (κ1) is 17.1. The molecule has 0 saturated heterocycles. The first-order valence-electron chi connectivity index (χ1n) is 8.79. The summed E-state index contributed by atoms with van der Waals surface area (Å²) in [5, 5.41) is 0. The normalized spacial score (nSPS) is 11.9. The number of aromatic nitrogens is 1. The van der Waals surface area contributed by atoms with Crippen molar-refractivity contribution in [1.82, 2.24) is 4.57 Å². The number of ether oxygens (including phenoxy) is 2. The van der Waals surface area contributed by atoms with Gasteiger partial charge in [0.25, 0.3) is 0 Å². The Balaban J connectivity index is 2.06. The average molecular weight is 361 g/mol. The molecule has 2 aromatic carbocycles. The fourth-order valence-corrected chi connectivity index (χ4v) is 3.71. The molecule has 0 amide bonds. The summed E-state index contributed by atoms with van der Waals surface area (Å²) in [7, 11) is 1.59. The number of hydrogen-bond acceptors (Lipinski definition) is 4. The molecule has 136 valence electrons. The Labute approximate surface area is 157 Å². The van der Waals surface area contributed by atoms with Crippen LogP contribution in [0.4, 0.5) is 0 Å². The van der Waals surface area contributed by atoms with Gasteiger partial charge in [-0.1, -0.05) is 24.3 Å². The largest absolute Gasteiger partial charge is 0.497 e. The Morgan fingerprint density at radius 3 is 2.63 bits per heavy atom. The van der Waals surface area contributed by atoms with E-state index in [-0.39, 0.29) is 12.4 Å². The summed E-state index contributed by atoms with van der Waals surface area (Å²) in [6, 6.07) is 14.8. The van der Waals surface area contributed by atoms with Gasteiger partial charge in [0, 0.05) is 16.8 Å². The van der Waals surface area contributed by atoms with Crippen LogP contribution in [0.15, 0.2) is 48.5 Å². The number of fused-ring (bicyclic) bond motifs is 3. The van der Waals surface area contributed by atoms with Gasteiger partial charge in [-0.3, -0.25) is 4.79 Å². The van der Waals surface area contributed by atoms with E-state index in [1.54, 1.807) is 14.0 Å². The average Bonchev–Trinajstić information content (AvgIpc) is 3.15. The van der Waals surface area contributed by atoms with E-state index < -0.39 is 5.97 Å². The molecule has 2 heterocycles. The molecule has 0 radical (unpaired) electrons. The lowest BCUT2D eigenvalue weighted by Crippen LogP contribution is -2.08. The smallest absolute Gasteiger partial charge is 0.340 e. The molecule has 1 aliphatic rings. The molecule has 0 bridgehead atoms. The molecule has 3 aromatic rings. The number of nitrogens with zero attached hydrogens (tertiary/aromatic N) is 1. The molecule has 4 rings (SSSR count). The van der Waals surface area contributed by atoms with Crippen LogP contribution in [0.5, 0.6) is 5.75 Å². The molecule has 0 atom stereocenters.